The molecule has 0 fully saturated rings. The van der Waals surface area contributed by atoms with Crippen molar-refractivity contribution in [3.05, 3.63) is 101 Å². The van der Waals surface area contributed by atoms with Crippen molar-refractivity contribution in [1.29, 1.82) is 15.8 Å². The lowest BCUT2D eigenvalue weighted by Gasteiger charge is -2.44. The minimum atomic E-state index is -0.446. The van der Waals surface area contributed by atoms with Crippen LogP contribution in [-0.2, 0) is 0 Å². The maximum absolute atomic E-state index is 10.2. The zero-order valence-electron chi connectivity index (χ0n) is 19.6. The average molecular weight is 474 g/mol. The summed E-state index contributed by atoms with van der Waals surface area (Å²) in [6, 6.07) is 28.7. The maximum Gasteiger partial charge on any atom is 0.335 e. The molecule has 37 heavy (non-hydrogen) atoms. The first-order chi connectivity index (χ1) is 18.1. The Morgan fingerprint density at radius 3 is 1.92 bits per heavy atom. The Labute approximate surface area is 214 Å². The Balaban J connectivity index is 1.78. The lowest BCUT2D eigenvalue weighted by Crippen LogP contribution is -2.58. The molecule has 0 unspecified atom stereocenters. The Morgan fingerprint density at radius 1 is 0.784 bits per heavy atom. The molecule has 0 spiro atoms. The van der Waals surface area contributed by atoms with Crippen LogP contribution in [0.15, 0.2) is 72.8 Å². The molecular formula is C29H15BN6O. The van der Waals surface area contributed by atoms with Crippen LogP contribution in [0.5, 0.6) is 11.5 Å². The Morgan fingerprint density at radius 2 is 1.35 bits per heavy atom. The predicted octanol–water partition coefficient (Wildman–Crippen LogP) is 4.98. The first-order valence-corrected chi connectivity index (χ1v) is 11.4. The second kappa shape index (κ2) is 8.21. The van der Waals surface area contributed by atoms with E-state index >= 15 is 0 Å². The SMILES string of the molecule is [C-]#[N+]c1cc(C#N)c2c(c1)N(C)c1cc(C#N)cc(C#N)c1N2B1c2ccccc2Oc2ccccc21. The number of fused-ring (bicyclic) bond motifs is 4. The quantitative estimate of drug-likeness (QED) is 0.285. The van der Waals surface area contributed by atoms with Gasteiger partial charge in [-0.25, -0.2) is 4.85 Å². The van der Waals surface area contributed by atoms with Crippen LogP contribution in [0.4, 0.5) is 28.4 Å². The van der Waals surface area contributed by atoms with E-state index in [-0.39, 0.29) is 0 Å². The normalized spacial score (nSPS) is 12.4. The highest BCUT2D eigenvalue weighted by Crippen LogP contribution is 2.52. The van der Waals surface area contributed by atoms with Crippen molar-refractivity contribution in [1.82, 2.24) is 0 Å². The third kappa shape index (κ3) is 3.11. The number of anilines is 4. The summed E-state index contributed by atoms with van der Waals surface area (Å²) in [5.74, 6) is 1.35. The van der Waals surface area contributed by atoms with Crippen molar-refractivity contribution in [3.8, 4) is 29.7 Å². The lowest BCUT2D eigenvalue weighted by molar-refractivity contribution is 0.487. The standard InChI is InChI=1S/C29H15BN6O/c1-34-21-13-20(17-33)29-25(14-21)35(2)24-12-18(15-31)11-19(16-32)28(24)36(29)30-22-7-3-5-9-26(22)37-27-10-6-4-8-23(27)30/h3-14H,2H3. The Hall–Kier alpha value is -5.70. The van der Waals surface area contributed by atoms with Gasteiger partial charge in [0.1, 0.15) is 23.6 Å². The summed E-state index contributed by atoms with van der Waals surface area (Å²) < 4.78 is 6.23. The van der Waals surface area contributed by atoms with Gasteiger partial charge in [0.15, 0.2) is 5.69 Å². The molecule has 0 atom stereocenters. The summed E-state index contributed by atoms with van der Waals surface area (Å²) in [4.78, 5) is 7.42. The number of benzene rings is 4. The van der Waals surface area contributed by atoms with Gasteiger partial charge in [-0.2, -0.15) is 15.8 Å². The van der Waals surface area contributed by atoms with Crippen molar-refractivity contribution < 1.29 is 4.74 Å². The van der Waals surface area contributed by atoms with Gasteiger partial charge in [-0.15, -0.1) is 0 Å². The largest absolute Gasteiger partial charge is 0.458 e. The second-order valence-corrected chi connectivity index (χ2v) is 8.71. The third-order valence-corrected chi connectivity index (χ3v) is 6.77. The predicted molar refractivity (Wildman–Crippen MR) is 141 cm³/mol. The molecule has 0 amide bonds. The fraction of sp³-hybridized carbons (Fsp3) is 0.0345. The molecule has 4 aromatic rings. The minimum Gasteiger partial charge on any atom is -0.458 e. The van der Waals surface area contributed by atoms with Gasteiger partial charge in [-0.05, 0) is 47.3 Å². The molecule has 0 bridgehead atoms. The molecule has 0 saturated carbocycles. The molecule has 6 rings (SSSR count). The molecule has 7 nitrogen and oxygen atoms in total. The molecule has 2 aliphatic rings. The minimum absolute atomic E-state index is 0.311. The van der Waals surface area contributed by atoms with E-state index in [0.717, 1.165) is 10.9 Å². The maximum atomic E-state index is 10.2. The summed E-state index contributed by atoms with van der Waals surface area (Å²) in [5.41, 5.74) is 5.48. The molecule has 8 heteroatoms. The van der Waals surface area contributed by atoms with E-state index in [2.05, 4.69) is 23.1 Å². The highest BCUT2D eigenvalue weighted by atomic mass is 16.5. The summed E-state index contributed by atoms with van der Waals surface area (Å²) in [5, 5.41) is 30.2. The zero-order valence-corrected chi connectivity index (χ0v) is 19.6. The van der Waals surface area contributed by atoms with Crippen LogP contribution in [0.25, 0.3) is 4.85 Å². The number of hydrogen-bond acceptors (Lipinski definition) is 6. The van der Waals surface area contributed by atoms with Crippen molar-refractivity contribution >= 4 is 46.2 Å². The molecule has 0 N–H and O–H groups in total. The average Bonchev–Trinajstić information content (AvgIpc) is 2.95. The van der Waals surface area contributed by atoms with Crippen molar-refractivity contribution in [2.75, 3.05) is 16.8 Å². The molecule has 2 aliphatic heterocycles. The molecule has 0 aliphatic carbocycles. The summed E-state index contributed by atoms with van der Waals surface area (Å²) in [6.07, 6.45) is 0. The molecular weight excluding hydrogens is 459 g/mol. The summed E-state index contributed by atoms with van der Waals surface area (Å²) in [6.45, 7) is 7.15. The van der Waals surface area contributed by atoms with E-state index in [9.17, 15) is 15.8 Å². The van der Waals surface area contributed by atoms with Gasteiger partial charge in [0.25, 0.3) is 0 Å². The zero-order chi connectivity index (χ0) is 25.7. The Bertz CT molecular complexity index is 1670. The highest BCUT2D eigenvalue weighted by molar-refractivity contribution is 6.91. The van der Waals surface area contributed by atoms with Gasteiger partial charge in [0.2, 0.25) is 0 Å². The number of nitriles is 3. The van der Waals surface area contributed by atoms with Crippen LogP contribution in [-0.4, -0.2) is 13.9 Å². The summed E-state index contributed by atoms with van der Waals surface area (Å²) >= 11 is 0. The van der Waals surface area contributed by atoms with Gasteiger partial charge in [0.05, 0.1) is 52.1 Å². The van der Waals surface area contributed by atoms with Crippen molar-refractivity contribution in [2.45, 2.75) is 0 Å². The number of ether oxygens (including phenoxy) is 1. The molecule has 0 saturated heterocycles. The van der Waals surface area contributed by atoms with Crippen LogP contribution < -0.4 is 25.4 Å². The van der Waals surface area contributed by atoms with Gasteiger partial charge in [0, 0.05) is 7.05 Å². The molecule has 170 valence electrons. The Kier molecular flexibility index (Phi) is 4.84. The van der Waals surface area contributed by atoms with Crippen LogP contribution >= 0.6 is 0 Å². The smallest absolute Gasteiger partial charge is 0.335 e. The van der Waals surface area contributed by atoms with E-state index in [1.807, 2.05) is 65.3 Å². The van der Waals surface area contributed by atoms with E-state index in [1.165, 1.54) is 0 Å². The summed E-state index contributed by atoms with van der Waals surface area (Å²) in [7, 11) is 1.82. The van der Waals surface area contributed by atoms with Gasteiger partial charge < -0.3 is 14.4 Å². The topological polar surface area (TPSA) is 91.4 Å². The number of nitrogens with zero attached hydrogens (tertiary/aromatic N) is 6. The molecule has 0 radical (unpaired) electrons. The second-order valence-electron chi connectivity index (χ2n) is 8.71. The number of hydrogen-bond donors (Lipinski definition) is 0. The van der Waals surface area contributed by atoms with Gasteiger partial charge >= 0.3 is 6.85 Å². The molecule has 2 heterocycles. The highest BCUT2D eigenvalue weighted by Gasteiger charge is 2.43. The van der Waals surface area contributed by atoms with Crippen molar-refractivity contribution in [3.63, 3.8) is 0 Å². The van der Waals surface area contributed by atoms with Gasteiger partial charge in [-0.3, -0.25) is 0 Å². The number of rotatable bonds is 1. The van der Waals surface area contributed by atoms with E-state index in [0.29, 0.717) is 56.6 Å². The molecule has 0 aromatic heterocycles. The number of para-hydroxylation sites is 2. The lowest BCUT2D eigenvalue weighted by atomic mass is 9.47. The van der Waals surface area contributed by atoms with Crippen LogP contribution in [0.2, 0.25) is 0 Å². The first-order valence-electron chi connectivity index (χ1n) is 11.4. The van der Waals surface area contributed by atoms with Gasteiger partial charge in [-0.1, -0.05) is 36.4 Å². The van der Waals surface area contributed by atoms with Crippen LogP contribution in [0.3, 0.4) is 0 Å². The van der Waals surface area contributed by atoms with Crippen LogP contribution in [0.1, 0.15) is 16.7 Å². The fourth-order valence-corrected chi connectivity index (χ4v) is 5.20. The first kappa shape index (κ1) is 21.8. The van der Waals surface area contributed by atoms with E-state index in [4.69, 9.17) is 11.3 Å². The van der Waals surface area contributed by atoms with E-state index in [1.54, 1.807) is 24.3 Å². The van der Waals surface area contributed by atoms with Crippen molar-refractivity contribution in [2.24, 2.45) is 0 Å². The monoisotopic (exact) mass is 474 g/mol. The van der Waals surface area contributed by atoms with E-state index < -0.39 is 6.85 Å². The third-order valence-electron chi connectivity index (χ3n) is 6.77. The van der Waals surface area contributed by atoms with Crippen LogP contribution in [0, 0.1) is 40.6 Å². The fourth-order valence-electron chi connectivity index (χ4n) is 5.20. The molecule has 4 aromatic carbocycles.